The summed E-state index contributed by atoms with van der Waals surface area (Å²) in [6.07, 6.45) is 8.54. The molecule has 3 atom stereocenters. The smallest absolute Gasteiger partial charge is 0.544 e. The number of nitrogens with zero attached hydrogens (tertiary/aromatic N) is 1. The monoisotopic (exact) mass is 322 g/mol. The van der Waals surface area contributed by atoms with Crippen LogP contribution in [0.1, 0.15) is 52.9 Å². The molecule has 6 nitrogen and oxygen atoms in total. The van der Waals surface area contributed by atoms with E-state index in [0.29, 0.717) is 0 Å². The molecule has 7 heteroatoms. The second kappa shape index (κ2) is 12.6. The fourth-order valence-corrected chi connectivity index (χ4v) is 2.59. The largest absolute Gasteiger partial charge is 1.00 e. The van der Waals surface area contributed by atoms with E-state index in [1.54, 1.807) is 6.20 Å². The molecule has 0 aromatic rings. The maximum atomic E-state index is 11.4. The molecule has 0 aromatic heterocycles. The first-order valence-electron chi connectivity index (χ1n) is 7.92. The van der Waals surface area contributed by atoms with Crippen LogP contribution in [0.3, 0.4) is 0 Å². The fraction of sp³-hybridized carbons (Fsp3) is 0.750. The van der Waals surface area contributed by atoms with Gasteiger partial charge in [0.05, 0.1) is 18.8 Å². The van der Waals surface area contributed by atoms with Gasteiger partial charge in [-0.25, -0.2) is 4.79 Å². The minimum Gasteiger partial charge on any atom is -0.544 e. The zero-order valence-corrected chi connectivity index (χ0v) is 14.8. The Kier molecular flexibility index (Phi) is 13.4. The minimum absolute atomic E-state index is 0. The van der Waals surface area contributed by atoms with Crippen molar-refractivity contribution in [2.45, 2.75) is 65.0 Å². The van der Waals surface area contributed by atoms with Crippen molar-refractivity contribution >= 4 is 11.9 Å². The van der Waals surface area contributed by atoms with Gasteiger partial charge < -0.3 is 20.1 Å². The third-order valence-electron chi connectivity index (χ3n) is 4.24. The fourth-order valence-electron chi connectivity index (χ4n) is 2.59. The SMILES string of the molecule is CCCCCC/C=C/[N+](CCO)(C(C)C(=O)[O-])C(C)C(=O)O.[Li+]. The average Bonchev–Trinajstić information content (AvgIpc) is 2.47. The molecule has 23 heavy (non-hydrogen) atoms. The van der Waals surface area contributed by atoms with Gasteiger partial charge in [0.25, 0.3) is 0 Å². The van der Waals surface area contributed by atoms with Crippen LogP contribution in [-0.2, 0) is 9.59 Å². The summed E-state index contributed by atoms with van der Waals surface area (Å²) in [6.45, 7) is 4.73. The van der Waals surface area contributed by atoms with Gasteiger partial charge in [0, 0.05) is 0 Å². The van der Waals surface area contributed by atoms with E-state index >= 15 is 0 Å². The number of aliphatic carboxylic acids is 2. The van der Waals surface area contributed by atoms with Crippen molar-refractivity contribution in [1.82, 2.24) is 0 Å². The third kappa shape index (κ3) is 7.54. The van der Waals surface area contributed by atoms with Crippen LogP contribution < -0.4 is 24.0 Å². The molecule has 128 valence electrons. The second-order valence-electron chi connectivity index (χ2n) is 5.69. The molecule has 0 amide bonds. The van der Waals surface area contributed by atoms with Crippen molar-refractivity contribution in [1.29, 1.82) is 0 Å². The standard InChI is InChI=1S/C16H29NO5.Li/c1-4-5-6-7-8-9-10-17(11-12-18,13(2)15(19)20)14(3)16(21)22;/h9-10,13-14,18H,4-8,11-12H2,1-3H3,(H-,19,20,21,22);/q;+1/b10-9+;. The Morgan fingerprint density at radius 3 is 2.22 bits per heavy atom. The summed E-state index contributed by atoms with van der Waals surface area (Å²) in [6, 6.07) is -2.03. The van der Waals surface area contributed by atoms with Crippen LogP contribution in [-0.4, -0.2) is 51.9 Å². The zero-order valence-electron chi connectivity index (χ0n) is 14.8. The van der Waals surface area contributed by atoms with Gasteiger partial charge in [-0.15, -0.1) is 0 Å². The van der Waals surface area contributed by atoms with Crippen molar-refractivity contribution in [2.24, 2.45) is 0 Å². The normalized spacial score (nSPS) is 16.3. The first kappa shape index (κ1) is 24.4. The molecule has 2 N–H and O–H groups in total. The maximum absolute atomic E-state index is 11.4. The number of carbonyl (C=O) groups is 2. The Balaban J connectivity index is 0. The number of aliphatic hydroxyl groups excluding tert-OH is 1. The van der Waals surface area contributed by atoms with Gasteiger partial charge >= 0.3 is 24.8 Å². The molecule has 0 aliphatic heterocycles. The Labute approximate surface area is 150 Å². The van der Waals surface area contributed by atoms with Gasteiger partial charge in [0.1, 0.15) is 12.6 Å². The second-order valence-corrected chi connectivity index (χ2v) is 5.69. The molecular weight excluding hydrogens is 293 g/mol. The van der Waals surface area contributed by atoms with Gasteiger partial charge in [0.2, 0.25) is 0 Å². The van der Waals surface area contributed by atoms with Crippen LogP contribution in [0, 0.1) is 0 Å². The molecule has 0 spiro atoms. The van der Waals surface area contributed by atoms with Crippen molar-refractivity contribution in [3.63, 3.8) is 0 Å². The summed E-state index contributed by atoms with van der Waals surface area (Å²) < 4.78 is -0.345. The molecule has 0 aliphatic carbocycles. The number of rotatable bonds is 12. The third-order valence-corrected chi connectivity index (χ3v) is 4.24. The summed E-state index contributed by atoms with van der Waals surface area (Å²) in [7, 11) is 0. The van der Waals surface area contributed by atoms with Crippen molar-refractivity contribution in [3.05, 3.63) is 12.3 Å². The molecule has 0 heterocycles. The van der Waals surface area contributed by atoms with E-state index in [4.69, 9.17) is 0 Å². The molecule has 0 saturated carbocycles. The van der Waals surface area contributed by atoms with E-state index in [9.17, 15) is 24.9 Å². The average molecular weight is 322 g/mol. The number of hydrogen-bond acceptors (Lipinski definition) is 4. The van der Waals surface area contributed by atoms with E-state index in [0.717, 1.165) is 32.1 Å². The molecule has 0 saturated heterocycles. The summed E-state index contributed by atoms with van der Waals surface area (Å²) >= 11 is 0. The van der Waals surface area contributed by atoms with Crippen LogP contribution in [0.25, 0.3) is 0 Å². The number of unbranched alkanes of at least 4 members (excludes halogenated alkanes) is 4. The van der Waals surface area contributed by atoms with Gasteiger partial charge in [-0.1, -0.05) is 26.2 Å². The molecule has 3 unspecified atom stereocenters. The summed E-state index contributed by atoms with van der Waals surface area (Å²) in [5.41, 5.74) is 0. The molecule has 0 radical (unpaired) electrons. The Morgan fingerprint density at radius 2 is 1.78 bits per heavy atom. The maximum Gasteiger partial charge on any atom is 1.00 e. The zero-order chi connectivity index (χ0) is 17.2. The minimum atomic E-state index is -1.32. The molecule has 0 bridgehead atoms. The van der Waals surface area contributed by atoms with Crippen LogP contribution in [0.4, 0.5) is 0 Å². The molecule has 0 aliphatic rings. The number of aliphatic hydroxyl groups is 1. The van der Waals surface area contributed by atoms with E-state index in [-0.39, 0.29) is 36.5 Å². The molecule has 0 fully saturated rings. The van der Waals surface area contributed by atoms with Crippen LogP contribution in [0.5, 0.6) is 0 Å². The summed E-state index contributed by atoms with van der Waals surface area (Å²) in [4.78, 5) is 22.7. The van der Waals surface area contributed by atoms with E-state index < -0.39 is 24.0 Å². The number of allylic oxidation sites excluding steroid dienone is 1. The number of quaternary nitrogens is 1. The first-order chi connectivity index (χ1) is 10.3. The Morgan fingerprint density at radius 1 is 1.17 bits per heavy atom. The Hall–Kier alpha value is -0.803. The quantitative estimate of drug-likeness (QED) is 0.244. The Bertz CT molecular complexity index is 367. The van der Waals surface area contributed by atoms with Crippen molar-refractivity contribution < 1.29 is 48.3 Å². The van der Waals surface area contributed by atoms with Gasteiger partial charge in [-0.3, -0.25) is 4.48 Å². The predicted molar refractivity (Wildman–Crippen MR) is 81.7 cm³/mol. The number of hydrogen-bond donors (Lipinski definition) is 2. The number of carbonyl (C=O) groups excluding carboxylic acids is 1. The topological polar surface area (TPSA) is 97.7 Å². The van der Waals surface area contributed by atoms with E-state index in [1.807, 2.05) is 6.08 Å². The van der Waals surface area contributed by atoms with Crippen LogP contribution in [0.2, 0.25) is 0 Å². The molecular formula is C16H29LiNO5+. The van der Waals surface area contributed by atoms with Crippen LogP contribution in [0.15, 0.2) is 12.3 Å². The molecule has 0 aromatic carbocycles. The van der Waals surface area contributed by atoms with Crippen molar-refractivity contribution in [3.8, 4) is 0 Å². The summed E-state index contributed by atoms with van der Waals surface area (Å²) in [5, 5.41) is 29.9. The van der Waals surface area contributed by atoms with E-state index in [2.05, 4.69) is 6.92 Å². The van der Waals surface area contributed by atoms with E-state index in [1.165, 1.54) is 13.8 Å². The molecule has 0 rings (SSSR count). The predicted octanol–water partition coefficient (Wildman–Crippen LogP) is -2.10. The van der Waals surface area contributed by atoms with Gasteiger partial charge in [-0.2, -0.15) is 0 Å². The van der Waals surface area contributed by atoms with Crippen molar-refractivity contribution in [2.75, 3.05) is 13.2 Å². The van der Waals surface area contributed by atoms with Gasteiger partial charge in [0.15, 0.2) is 6.04 Å². The van der Waals surface area contributed by atoms with Gasteiger partial charge in [-0.05, 0) is 32.8 Å². The summed E-state index contributed by atoms with van der Waals surface area (Å²) in [5.74, 6) is -2.42. The van der Waals surface area contributed by atoms with Crippen LogP contribution >= 0.6 is 0 Å². The number of carboxylic acids is 2. The number of carboxylic acid groups (broad SMARTS) is 2. The first-order valence-corrected chi connectivity index (χ1v) is 7.92.